The first-order chi connectivity index (χ1) is 16.3. The Hall–Kier alpha value is -2.78. The number of nitrogens with zero attached hydrogens (tertiary/aromatic N) is 2. The Balaban J connectivity index is 1.73. The molecule has 0 spiro atoms. The van der Waals surface area contributed by atoms with Crippen LogP contribution in [0.5, 0.6) is 0 Å². The molecule has 0 saturated carbocycles. The topological polar surface area (TPSA) is 168 Å². The van der Waals surface area contributed by atoms with Gasteiger partial charge in [0.25, 0.3) is 5.91 Å². The minimum Gasteiger partial charge on any atom is -0.465 e. The lowest BCUT2D eigenvalue weighted by Gasteiger charge is -2.24. The fourth-order valence-corrected chi connectivity index (χ4v) is 4.75. The van der Waals surface area contributed by atoms with Gasteiger partial charge in [0, 0.05) is 0 Å². The van der Waals surface area contributed by atoms with E-state index in [4.69, 9.17) is 14.6 Å². The van der Waals surface area contributed by atoms with Gasteiger partial charge >= 0.3 is 12.2 Å². The number of halogens is 2. The molecule has 5 N–H and O–H groups in total. The second kappa shape index (κ2) is 10.9. The van der Waals surface area contributed by atoms with Gasteiger partial charge in [-0.15, -0.1) is 0 Å². The normalized spacial score (nSPS) is 20.6. The number of amides is 3. The quantitative estimate of drug-likeness (QED) is 0.349. The smallest absolute Gasteiger partial charge is 0.409 e. The standard InChI is InChI=1S/C20H26BrFN6O6S/c1-8-12(24-15(29)14-16(26-18(30)31)35-17(21)25-14)13(28-27-8)11-6-5-10(9(22)7-33-11)23-19(32)34-20(2,3)4/h9-11,26H,5-7H2,1-4H3,(H,23,32)(H,24,29)(H,27,28)(H,30,31)/t9-,10-,11+/m1/s1. The summed E-state index contributed by atoms with van der Waals surface area (Å²) < 4.78 is 26.0. The van der Waals surface area contributed by atoms with Crippen molar-refractivity contribution >= 4 is 56.0 Å². The third-order valence-electron chi connectivity index (χ3n) is 4.91. The van der Waals surface area contributed by atoms with Crippen LogP contribution in [0.2, 0.25) is 0 Å². The Bertz CT molecular complexity index is 1100. The Labute approximate surface area is 212 Å². The fourth-order valence-electron chi connectivity index (χ4n) is 3.41. The average Bonchev–Trinajstić information content (AvgIpc) is 3.21. The van der Waals surface area contributed by atoms with E-state index in [2.05, 4.69) is 47.1 Å². The van der Waals surface area contributed by atoms with Crippen LogP contribution >= 0.6 is 27.3 Å². The lowest BCUT2D eigenvalue weighted by Crippen LogP contribution is -2.44. The van der Waals surface area contributed by atoms with Crippen LogP contribution in [0.1, 0.15) is 61.6 Å². The number of ether oxygens (including phenoxy) is 2. The number of thiazole rings is 1. The van der Waals surface area contributed by atoms with Crippen LogP contribution in [-0.4, -0.2) is 62.8 Å². The second-order valence-corrected chi connectivity index (χ2v) is 11.1. The number of hydrogen-bond acceptors (Lipinski definition) is 8. The predicted molar refractivity (Wildman–Crippen MR) is 129 cm³/mol. The molecule has 0 unspecified atom stereocenters. The van der Waals surface area contributed by atoms with Crippen molar-refractivity contribution in [2.75, 3.05) is 17.2 Å². The molecule has 12 nitrogen and oxygen atoms in total. The van der Waals surface area contributed by atoms with Crippen LogP contribution in [0.25, 0.3) is 0 Å². The Morgan fingerprint density at radius 2 is 2.00 bits per heavy atom. The van der Waals surface area contributed by atoms with E-state index in [9.17, 15) is 18.8 Å². The van der Waals surface area contributed by atoms with Gasteiger partial charge in [0.15, 0.2) is 9.61 Å². The minimum atomic E-state index is -1.47. The number of carboxylic acid groups (broad SMARTS) is 1. The molecule has 3 atom stereocenters. The van der Waals surface area contributed by atoms with E-state index in [1.807, 2.05) is 0 Å². The molecule has 1 aliphatic rings. The number of carbonyl (C=O) groups excluding carboxylic acids is 2. The molecule has 3 amide bonds. The first kappa shape index (κ1) is 26.8. The number of aryl methyl sites for hydroxylation is 1. The SMILES string of the molecule is Cc1n[nH]c([C@@H]2CC[C@@H](NC(=O)OC(C)(C)C)[C@H](F)CO2)c1NC(=O)c1nc(Br)sc1NC(=O)O. The van der Waals surface area contributed by atoms with Gasteiger partial charge in [-0.1, -0.05) is 11.3 Å². The van der Waals surface area contributed by atoms with E-state index >= 15 is 0 Å². The molecule has 2 aromatic heterocycles. The van der Waals surface area contributed by atoms with Crippen molar-refractivity contribution in [3.05, 3.63) is 21.0 Å². The zero-order valence-corrected chi connectivity index (χ0v) is 21.8. The van der Waals surface area contributed by atoms with Crippen molar-refractivity contribution in [1.29, 1.82) is 0 Å². The summed E-state index contributed by atoms with van der Waals surface area (Å²) in [5, 5.41) is 23.4. The summed E-state index contributed by atoms with van der Waals surface area (Å²) in [4.78, 5) is 40.1. The fraction of sp³-hybridized carbons (Fsp3) is 0.550. The van der Waals surface area contributed by atoms with Gasteiger partial charge < -0.3 is 25.2 Å². The van der Waals surface area contributed by atoms with E-state index in [0.29, 0.717) is 27.4 Å². The highest BCUT2D eigenvalue weighted by Gasteiger charge is 2.33. The molecule has 0 aliphatic carbocycles. The lowest BCUT2D eigenvalue weighted by atomic mass is 10.0. The summed E-state index contributed by atoms with van der Waals surface area (Å²) in [5.41, 5.74) is 0.348. The van der Waals surface area contributed by atoms with Crippen molar-refractivity contribution in [3.8, 4) is 0 Å². The molecule has 15 heteroatoms. The second-order valence-electron chi connectivity index (χ2n) is 8.79. The third kappa shape index (κ3) is 7.11. The van der Waals surface area contributed by atoms with Crippen molar-refractivity contribution in [2.24, 2.45) is 0 Å². The number of anilines is 2. The number of aromatic nitrogens is 3. The van der Waals surface area contributed by atoms with Crippen molar-refractivity contribution < 1.29 is 33.4 Å². The summed E-state index contributed by atoms with van der Waals surface area (Å²) in [7, 11) is 0. The largest absolute Gasteiger partial charge is 0.465 e. The van der Waals surface area contributed by atoms with E-state index in [-0.39, 0.29) is 23.7 Å². The molecule has 35 heavy (non-hydrogen) atoms. The molecule has 192 valence electrons. The van der Waals surface area contributed by atoms with Gasteiger partial charge in [-0.05, 0) is 56.5 Å². The molecule has 0 bridgehead atoms. The molecule has 2 aromatic rings. The highest BCUT2D eigenvalue weighted by Crippen LogP contribution is 2.34. The number of nitrogens with one attached hydrogen (secondary N) is 4. The monoisotopic (exact) mass is 576 g/mol. The van der Waals surface area contributed by atoms with Crippen molar-refractivity contribution in [1.82, 2.24) is 20.5 Å². The number of alkyl carbamates (subject to hydrolysis) is 1. The van der Waals surface area contributed by atoms with Crippen molar-refractivity contribution in [3.63, 3.8) is 0 Å². The van der Waals surface area contributed by atoms with Crippen LogP contribution in [-0.2, 0) is 9.47 Å². The summed E-state index contributed by atoms with van der Waals surface area (Å²) in [6, 6.07) is -0.811. The van der Waals surface area contributed by atoms with Crippen LogP contribution in [0, 0.1) is 6.92 Å². The number of carbonyl (C=O) groups is 3. The van der Waals surface area contributed by atoms with Gasteiger partial charge in [-0.25, -0.2) is 19.0 Å². The zero-order valence-electron chi connectivity index (χ0n) is 19.4. The molecule has 1 saturated heterocycles. The highest BCUT2D eigenvalue weighted by atomic mass is 79.9. The van der Waals surface area contributed by atoms with Crippen LogP contribution in [0.3, 0.4) is 0 Å². The van der Waals surface area contributed by atoms with Gasteiger partial charge in [-0.2, -0.15) is 5.10 Å². The number of rotatable bonds is 5. The Kier molecular flexibility index (Phi) is 8.33. The molecule has 0 aromatic carbocycles. The lowest BCUT2D eigenvalue weighted by molar-refractivity contribution is 0.0218. The molecule has 0 radical (unpaired) electrons. The van der Waals surface area contributed by atoms with Gasteiger partial charge in [-0.3, -0.25) is 15.2 Å². The van der Waals surface area contributed by atoms with Gasteiger partial charge in [0.1, 0.15) is 22.9 Å². The van der Waals surface area contributed by atoms with Crippen LogP contribution in [0.4, 0.5) is 24.7 Å². The van der Waals surface area contributed by atoms with E-state index in [1.54, 1.807) is 27.7 Å². The van der Waals surface area contributed by atoms with Gasteiger partial charge in [0.2, 0.25) is 0 Å². The maximum Gasteiger partial charge on any atom is 0.409 e. The Morgan fingerprint density at radius 3 is 2.66 bits per heavy atom. The van der Waals surface area contributed by atoms with Crippen LogP contribution in [0.15, 0.2) is 3.92 Å². The summed E-state index contributed by atoms with van der Waals surface area (Å²) in [6.45, 7) is 6.51. The third-order valence-corrected chi connectivity index (χ3v) is 6.33. The van der Waals surface area contributed by atoms with Crippen LogP contribution < -0.4 is 16.0 Å². The first-order valence-corrected chi connectivity index (χ1v) is 12.2. The maximum atomic E-state index is 14.7. The molecule has 3 rings (SSSR count). The van der Waals surface area contributed by atoms with E-state index in [1.165, 1.54) is 0 Å². The molecule has 3 heterocycles. The summed E-state index contributed by atoms with van der Waals surface area (Å²) >= 11 is 4.09. The summed E-state index contributed by atoms with van der Waals surface area (Å²) in [5.74, 6) is -0.664. The van der Waals surface area contributed by atoms with Crippen molar-refractivity contribution in [2.45, 2.75) is 64.5 Å². The van der Waals surface area contributed by atoms with Gasteiger partial charge in [0.05, 0.1) is 29.7 Å². The number of aromatic amines is 1. The minimum absolute atomic E-state index is 0.0478. The molecule has 1 fully saturated rings. The Morgan fingerprint density at radius 1 is 1.29 bits per heavy atom. The summed E-state index contributed by atoms with van der Waals surface area (Å²) in [6.07, 6.45) is -3.59. The van der Waals surface area contributed by atoms with E-state index < -0.39 is 42.0 Å². The maximum absolute atomic E-state index is 14.7. The number of hydrogen-bond donors (Lipinski definition) is 5. The zero-order chi connectivity index (χ0) is 25.9. The average molecular weight is 577 g/mol. The number of alkyl halides is 1. The number of H-pyrrole nitrogens is 1. The first-order valence-electron chi connectivity index (χ1n) is 10.6. The molecular weight excluding hydrogens is 551 g/mol. The highest BCUT2D eigenvalue weighted by molar-refractivity contribution is 9.11. The molecule has 1 aliphatic heterocycles. The predicted octanol–water partition coefficient (Wildman–Crippen LogP) is 4.36. The van der Waals surface area contributed by atoms with E-state index in [0.717, 1.165) is 11.3 Å². The molecular formula is C20H26BrFN6O6S.